The molecule has 9 atom stereocenters. The average molecular weight is 713 g/mol. The van der Waals surface area contributed by atoms with E-state index < -0.39 is 57.3 Å². The highest BCUT2D eigenvalue weighted by Crippen LogP contribution is 2.70. The molecule has 0 radical (unpaired) electrons. The van der Waals surface area contributed by atoms with E-state index >= 15 is 4.39 Å². The molecule has 2 aromatic rings. The summed E-state index contributed by atoms with van der Waals surface area (Å²) in [7, 11) is 0. The van der Waals surface area contributed by atoms with Gasteiger partial charge >= 0.3 is 0 Å². The maximum atomic E-state index is 16.9. The lowest BCUT2D eigenvalue weighted by atomic mass is 9.44. The van der Waals surface area contributed by atoms with Gasteiger partial charge in [-0.3, -0.25) is 9.59 Å². The van der Waals surface area contributed by atoms with Gasteiger partial charge in [-0.25, -0.2) is 4.39 Å². The number of aliphatic hydroxyl groups excluding tert-OH is 2. The summed E-state index contributed by atoms with van der Waals surface area (Å²) in [4.78, 5) is 23.8. The Hall–Kier alpha value is -1.77. The van der Waals surface area contributed by atoms with E-state index in [2.05, 4.69) is 0 Å². The van der Waals surface area contributed by atoms with E-state index in [0.717, 1.165) is 11.1 Å². The van der Waals surface area contributed by atoms with Gasteiger partial charge in [0.15, 0.2) is 17.2 Å². The maximum absolute atomic E-state index is 16.9. The number of Topliss-reactive ketones (excluding diaryl/α,β-unsaturated/α-hetero) is 1. The maximum Gasteiger partial charge on any atom is 0.190 e. The fourth-order valence-electron chi connectivity index (χ4n) is 9.12. The van der Waals surface area contributed by atoms with E-state index in [1.54, 1.807) is 26.8 Å². The highest BCUT2D eigenvalue weighted by atomic mass is 35.5. The number of carbonyl (C=O) groups is 2. The first-order chi connectivity index (χ1) is 21.6. The molecule has 3 saturated carbocycles. The largest absolute Gasteiger partial charge is 0.390 e. The summed E-state index contributed by atoms with van der Waals surface area (Å²) in [5.41, 5.74) is -3.27. The molecular formula is C36H39Cl4FO5. The Kier molecular flexibility index (Phi) is 9.99. The summed E-state index contributed by atoms with van der Waals surface area (Å²) in [6, 6.07) is 15.0. The molecule has 0 heterocycles. The lowest BCUT2D eigenvalue weighted by Crippen LogP contribution is -2.69. The average Bonchev–Trinajstić information content (AvgIpc) is 3.21. The lowest BCUT2D eigenvalue weighted by Gasteiger charge is -2.62. The SMILES string of the molecule is C[C@@H]1C[C@H]2[C@@H]3CCC4=CC(=O)C=C[C@]4(C)[C@@]3(F)[C@@H](O)C[C@]2(C)[C@@]1(O)C(=O)CO.Clc1ccc(C(c2ccccc2Cl)C(Cl)Cl)cc1. The van der Waals surface area contributed by atoms with Crippen molar-refractivity contribution in [1.82, 2.24) is 0 Å². The molecule has 2 aromatic carbocycles. The third kappa shape index (κ3) is 5.41. The minimum atomic E-state index is -1.98. The number of hydrogen-bond acceptors (Lipinski definition) is 5. The molecule has 0 aromatic heterocycles. The Bertz CT molecular complexity index is 1560. The second-order valence-electron chi connectivity index (χ2n) is 13.6. The number of hydrogen-bond donors (Lipinski definition) is 3. The highest BCUT2D eigenvalue weighted by Gasteiger charge is 2.75. The number of carbonyl (C=O) groups excluding carboxylic acids is 2. The molecule has 0 amide bonds. The van der Waals surface area contributed by atoms with Gasteiger partial charge in [-0.1, -0.05) is 79.0 Å². The van der Waals surface area contributed by atoms with Gasteiger partial charge in [-0.2, -0.15) is 0 Å². The summed E-state index contributed by atoms with van der Waals surface area (Å²) < 4.78 is 16.9. The zero-order valence-corrected chi connectivity index (χ0v) is 28.9. The van der Waals surface area contributed by atoms with Gasteiger partial charge in [0.05, 0.1) is 6.10 Å². The van der Waals surface area contributed by atoms with Crippen LogP contribution < -0.4 is 0 Å². The standard InChI is InChI=1S/C22H29FO5.C14H10Cl4/c1-12-8-16-15-5-4-13-9-14(25)6-7-19(13,2)21(15,23)17(26)10-20(16,3)22(12,28)18(27)11-24;15-10-7-5-9(6-8-10)13(14(17)18)11-3-1-2-4-12(11)16/h6-7,9,12,15-17,24,26,28H,4-5,8,10-11H2,1-3H3;1-8,13-14H/t12-,15+,16+,17+,19+,20+,21+,22+;/m1./s1. The molecule has 6 rings (SSSR count). The fourth-order valence-corrected chi connectivity index (χ4v) is 10.1. The summed E-state index contributed by atoms with van der Waals surface area (Å²) in [6.07, 6.45) is 4.44. The monoisotopic (exact) mass is 710 g/mol. The van der Waals surface area contributed by atoms with Crippen LogP contribution in [0.3, 0.4) is 0 Å². The minimum Gasteiger partial charge on any atom is -0.390 e. The smallest absolute Gasteiger partial charge is 0.190 e. The molecule has 10 heteroatoms. The first kappa shape index (κ1) is 35.5. The second-order valence-corrected chi connectivity index (χ2v) is 15.6. The van der Waals surface area contributed by atoms with Gasteiger partial charge in [0.25, 0.3) is 0 Å². The van der Waals surface area contributed by atoms with Crippen LogP contribution in [0.4, 0.5) is 4.39 Å². The van der Waals surface area contributed by atoms with E-state index in [1.165, 1.54) is 12.2 Å². The van der Waals surface area contributed by atoms with Crippen LogP contribution in [0.1, 0.15) is 63.5 Å². The van der Waals surface area contributed by atoms with Gasteiger partial charge in [-0.15, -0.1) is 23.2 Å². The minimum absolute atomic E-state index is 0.0676. The Balaban J connectivity index is 0.000000200. The summed E-state index contributed by atoms with van der Waals surface area (Å²) in [5, 5.41) is 33.3. The van der Waals surface area contributed by atoms with Crippen LogP contribution in [0.25, 0.3) is 0 Å². The number of fused-ring (bicyclic) bond motifs is 5. The van der Waals surface area contributed by atoms with Gasteiger partial charge in [0.1, 0.15) is 17.0 Å². The second kappa shape index (κ2) is 12.9. The number of rotatable bonds is 5. The fraction of sp³-hybridized carbons (Fsp3) is 0.500. The first-order valence-corrected chi connectivity index (χ1v) is 17.1. The van der Waals surface area contributed by atoms with Crippen molar-refractivity contribution in [1.29, 1.82) is 0 Å². The molecule has 0 spiro atoms. The molecule has 4 aliphatic carbocycles. The van der Waals surface area contributed by atoms with Crippen LogP contribution in [-0.4, -0.2) is 55.7 Å². The Morgan fingerprint density at radius 3 is 2.33 bits per heavy atom. The number of aliphatic hydroxyl groups is 3. The Morgan fingerprint density at radius 2 is 1.72 bits per heavy atom. The molecule has 1 unspecified atom stereocenters. The van der Waals surface area contributed by atoms with Crippen molar-refractivity contribution in [2.75, 3.05) is 6.61 Å². The number of ketones is 2. The molecule has 46 heavy (non-hydrogen) atoms. The van der Waals surface area contributed by atoms with Crippen molar-refractivity contribution in [3.8, 4) is 0 Å². The third-order valence-electron chi connectivity index (χ3n) is 11.5. The van der Waals surface area contributed by atoms with Gasteiger partial charge in [0, 0.05) is 32.7 Å². The summed E-state index contributed by atoms with van der Waals surface area (Å²) >= 11 is 24.3. The van der Waals surface area contributed by atoms with Crippen LogP contribution in [0.5, 0.6) is 0 Å². The highest BCUT2D eigenvalue weighted by molar-refractivity contribution is 6.45. The van der Waals surface area contributed by atoms with Crippen molar-refractivity contribution in [2.24, 2.45) is 28.6 Å². The Morgan fingerprint density at radius 1 is 1.07 bits per heavy atom. The van der Waals surface area contributed by atoms with Gasteiger partial charge in [0.2, 0.25) is 0 Å². The lowest BCUT2D eigenvalue weighted by molar-refractivity contribution is -0.219. The first-order valence-electron chi connectivity index (χ1n) is 15.5. The number of halogens is 5. The predicted octanol–water partition coefficient (Wildman–Crippen LogP) is 7.82. The van der Waals surface area contributed by atoms with E-state index in [1.807, 2.05) is 48.5 Å². The molecule has 5 nitrogen and oxygen atoms in total. The zero-order valence-electron chi connectivity index (χ0n) is 25.9. The quantitative estimate of drug-likeness (QED) is 0.275. The molecule has 4 aliphatic rings. The van der Waals surface area contributed by atoms with Crippen LogP contribution in [-0.2, 0) is 9.59 Å². The van der Waals surface area contributed by atoms with Crippen LogP contribution >= 0.6 is 46.4 Å². The molecule has 3 fully saturated rings. The summed E-state index contributed by atoms with van der Waals surface area (Å²) in [5.74, 6) is -2.29. The van der Waals surface area contributed by atoms with E-state index in [4.69, 9.17) is 46.4 Å². The van der Waals surface area contributed by atoms with E-state index in [9.17, 15) is 24.9 Å². The van der Waals surface area contributed by atoms with Crippen molar-refractivity contribution < 1.29 is 29.3 Å². The summed E-state index contributed by atoms with van der Waals surface area (Å²) in [6.45, 7) is 4.48. The Labute approximate surface area is 289 Å². The van der Waals surface area contributed by atoms with Crippen molar-refractivity contribution in [2.45, 2.75) is 74.6 Å². The molecule has 0 aliphatic heterocycles. The molecule has 0 saturated heterocycles. The number of allylic oxidation sites excluding steroid dienone is 4. The van der Waals surface area contributed by atoms with Crippen LogP contribution in [0, 0.1) is 28.6 Å². The molecular weight excluding hydrogens is 673 g/mol. The third-order valence-corrected chi connectivity index (χ3v) is 12.6. The number of alkyl halides is 3. The van der Waals surface area contributed by atoms with Gasteiger partial charge in [-0.05, 0) is 85.9 Å². The van der Waals surface area contributed by atoms with Gasteiger partial charge < -0.3 is 15.3 Å². The van der Waals surface area contributed by atoms with Crippen molar-refractivity contribution in [3.63, 3.8) is 0 Å². The van der Waals surface area contributed by atoms with E-state index in [0.29, 0.717) is 34.9 Å². The topological polar surface area (TPSA) is 94.8 Å². The number of benzene rings is 2. The molecule has 248 valence electrons. The van der Waals surface area contributed by atoms with Crippen molar-refractivity contribution >= 4 is 58.0 Å². The zero-order chi connectivity index (χ0) is 33.8. The predicted molar refractivity (Wildman–Crippen MR) is 180 cm³/mol. The molecule has 3 N–H and O–H groups in total. The van der Waals surface area contributed by atoms with E-state index in [-0.39, 0.29) is 24.0 Å². The van der Waals surface area contributed by atoms with Crippen LogP contribution in [0.2, 0.25) is 10.0 Å². The molecule has 0 bridgehead atoms. The normalized spacial score (nSPS) is 37.0. The van der Waals surface area contributed by atoms with Crippen LogP contribution in [0.15, 0.2) is 72.3 Å². The van der Waals surface area contributed by atoms with Crippen molar-refractivity contribution in [3.05, 3.63) is 93.5 Å².